The molecular formula is C17H30O2. The van der Waals surface area contributed by atoms with Gasteiger partial charge in [0.05, 0.1) is 11.2 Å². The van der Waals surface area contributed by atoms with E-state index >= 15 is 0 Å². The number of aliphatic hydroxyl groups is 1. The van der Waals surface area contributed by atoms with Gasteiger partial charge in [-0.25, -0.2) is 0 Å². The summed E-state index contributed by atoms with van der Waals surface area (Å²) >= 11 is 0. The first-order valence-corrected chi connectivity index (χ1v) is 8.30. The van der Waals surface area contributed by atoms with E-state index in [2.05, 4.69) is 13.8 Å². The van der Waals surface area contributed by atoms with Gasteiger partial charge in [0.15, 0.2) is 0 Å². The van der Waals surface area contributed by atoms with Gasteiger partial charge in [0.1, 0.15) is 0 Å². The molecule has 1 saturated heterocycles. The summed E-state index contributed by atoms with van der Waals surface area (Å²) in [6, 6.07) is 0. The van der Waals surface area contributed by atoms with Crippen LogP contribution in [0.4, 0.5) is 0 Å². The van der Waals surface area contributed by atoms with Gasteiger partial charge < -0.3 is 9.84 Å². The molecule has 0 aromatic rings. The summed E-state index contributed by atoms with van der Waals surface area (Å²) in [6.45, 7) is 5.56. The molecule has 0 amide bonds. The summed E-state index contributed by atoms with van der Waals surface area (Å²) in [5.41, 5.74) is 0.183. The quantitative estimate of drug-likeness (QED) is 0.775. The predicted octanol–water partition coefficient (Wildman–Crippen LogP) is 4.06. The van der Waals surface area contributed by atoms with Crippen LogP contribution < -0.4 is 0 Å². The van der Waals surface area contributed by atoms with Gasteiger partial charge in [0.25, 0.3) is 0 Å². The van der Waals surface area contributed by atoms with E-state index in [1.54, 1.807) is 0 Å². The van der Waals surface area contributed by atoms with Crippen LogP contribution in [0.1, 0.15) is 78.1 Å². The fourth-order valence-electron chi connectivity index (χ4n) is 4.62. The van der Waals surface area contributed by atoms with E-state index in [0.717, 1.165) is 32.3 Å². The zero-order valence-electron chi connectivity index (χ0n) is 12.7. The highest BCUT2D eigenvalue weighted by Crippen LogP contribution is 2.50. The molecule has 0 aromatic heterocycles. The minimum atomic E-state index is -0.394. The Bertz CT molecular complexity index is 318. The number of ether oxygens (including phenoxy) is 1. The van der Waals surface area contributed by atoms with Crippen molar-refractivity contribution < 1.29 is 9.84 Å². The molecule has 2 aliphatic carbocycles. The topological polar surface area (TPSA) is 29.5 Å². The maximum absolute atomic E-state index is 11.1. The number of hydrogen-bond acceptors (Lipinski definition) is 2. The second kappa shape index (κ2) is 4.73. The first-order valence-electron chi connectivity index (χ1n) is 8.30. The molecule has 3 fully saturated rings. The van der Waals surface area contributed by atoms with Gasteiger partial charge in [-0.1, -0.05) is 26.7 Å². The molecule has 1 atom stereocenters. The molecule has 3 aliphatic rings. The van der Waals surface area contributed by atoms with Gasteiger partial charge in [-0.05, 0) is 62.7 Å². The standard InChI is InChI=1S/C17H30O2/c1-15(2)8-10-17(18,11-9-15)14-5-12-19-16(13-14)6-3-4-7-16/h14,18H,3-13H2,1-2H3. The monoisotopic (exact) mass is 266 g/mol. The Morgan fingerprint density at radius 3 is 2.21 bits per heavy atom. The Morgan fingerprint density at radius 1 is 0.947 bits per heavy atom. The summed E-state index contributed by atoms with van der Waals surface area (Å²) in [4.78, 5) is 0. The Hall–Kier alpha value is -0.0800. The Morgan fingerprint density at radius 2 is 1.58 bits per heavy atom. The molecule has 1 heterocycles. The van der Waals surface area contributed by atoms with E-state index in [0.29, 0.717) is 11.3 Å². The third-order valence-electron chi connectivity index (χ3n) is 6.24. The Kier molecular flexibility index (Phi) is 3.46. The van der Waals surface area contributed by atoms with Crippen molar-refractivity contribution in [2.24, 2.45) is 11.3 Å². The lowest BCUT2D eigenvalue weighted by atomic mass is 9.63. The smallest absolute Gasteiger partial charge is 0.0686 e. The average molecular weight is 266 g/mol. The minimum Gasteiger partial charge on any atom is -0.390 e. The lowest BCUT2D eigenvalue weighted by molar-refractivity contribution is -0.155. The lowest BCUT2D eigenvalue weighted by Crippen LogP contribution is -2.50. The van der Waals surface area contributed by atoms with E-state index in [1.807, 2.05) is 0 Å². The molecule has 0 bridgehead atoms. The second-order valence-corrected chi connectivity index (χ2v) is 8.20. The summed E-state index contributed by atoms with van der Waals surface area (Å²) < 4.78 is 6.12. The molecule has 2 saturated carbocycles. The first-order chi connectivity index (χ1) is 8.93. The molecule has 1 aliphatic heterocycles. The Balaban J connectivity index is 1.68. The second-order valence-electron chi connectivity index (χ2n) is 8.20. The molecule has 0 radical (unpaired) electrons. The van der Waals surface area contributed by atoms with E-state index in [1.165, 1.54) is 38.5 Å². The van der Waals surface area contributed by atoms with Crippen LogP contribution in [0, 0.1) is 11.3 Å². The van der Waals surface area contributed by atoms with E-state index < -0.39 is 5.60 Å². The summed E-state index contributed by atoms with van der Waals surface area (Å²) in [5, 5.41) is 11.1. The van der Waals surface area contributed by atoms with Crippen LogP contribution in [0.2, 0.25) is 0 Å². The molecule has 3 rings (SSSR count). The number of rotatable bonds is 1. The normalized spacial score (nSPS) is 36.5. The Labute approximate surface area is 117 Å². The summed E-state index contributed by atoms with van der Waals surface area (Å²) in [7, 11) is 0. The third kappa shape index (κ3) is 2.71. The molecule has 110 valence electrons. The van der Waals surface area contributed by atoms with Gasteiger partial charge in [-0.2, -0.15) is 0 Å². The third-order valence-corrected chi connectivity index (χ3v) is 6.24. The lowest BCUT2D eigenvalue weighted by Gasteiger charge is -2.49. The van der Waals surface area contributed by atoms with Crippen LogP contribution in [-0.2, 0) is 4.74 Å². The van der Waals surface area contributed by atoms with Gasteiger partial charge in [0.2, 0.25) is 0 Å². The van der Waals surface area contributed by atoms with Crippen molar-refractivity contribution >= 4 is 0 Å². The average Bonchev–Trinajstić information content (AvgIpc) is 2.82. The van der Waals surface area contributed by atoms with Crippen LogP contribution in [0.25, 0.3) is 0 Å². The highest BCUT2D eigenvalue weighted by molar-refractivity contribution is 5.00. The summed E-state index contributed by atoms with van der Waals surface area (Å²) in [6.07, 6.45) is 11.6. The maximum atomic E-state index is 11.1. The molecule has 2 heteroatoms. The number of hydrogen-bond donors (Lipinski definition) is 1. The fraction of sp³-hybridized carbons (Fsp3) is 1.00. The van der Waals surface area contributed by atoms with Crippen LogP contribution in [0.15, 0.2) is 0 Å². The van der Waals surface area contributed by atoms with Crippen LogP contribution in [-0.4, -0.2) is 22.9 Å². The SMILES string of the molecule is CC1(C)CCC(O)(C2CCOC3(CCCC3)C2)CC1. The predicted molar refractivity (Wildman–Crippen MR) is 77.1 cm³/mol. The van der Waals surface area contributed by atoms with E-state index in [4.69, 9.17) is 4.74 Å². The van der Waals surface area contributed by atoms with E-state index in [-0.39, 0.29) is 5.60 Å². The van der Waals surface area contributed by atoms with Crippen molar-refractivity contribution in [3.8, 4) is 0 Å². The largest absolute Gasteiger partial charge is 0.390 e. The molecular weight excluding hydrogens is 236 g/mol. The zero-order valence-corrected chi connectivity index (χ0v) is 12.7. The molecule has 1 N–H and O–H groups in total. The van der Waals surface area contributed by atoms with Crippen molar-refractivity contribution in [1.29, 1.82) is 0 Å². The van der Waals surface area contributed by atoms with Crippen LogP contribution >= 0.6 is 0 Å². The maximum Gasteiger partial charge on any atom is 0.0686 e. The van der Waals surface area contributed by atoms with Crippen LogP contribution in [0.5, 0.6) is 0 Å². The minimum absolute atomic E-state index is 0.144. The fourth-order valence-corrected chi connectivity index (χ4v) is 4.62. The van der Waals surface area contributed by atoms with Gasteiger partial charge in [0, 0.05) is 6.61 Å². The van der Waals surface area contributed by atoms with Crippen molar-refractivity contribution in [3.63, 3.8) is 0 Å². The van der Waals surface area contributed by atoms with Gasteiger partial charge in [-0.3, -0.25) is 0 Å². The zero-order chi connectivity index (χ0) is 13.6. The van der Waals surface area contributed by atoms with E-state index in [9.17, 15) is 5.11 Å². The van der Waals surface area contributed by atoms with Crippen molar-refractivity contribution in [2.45, 2.75) is 89.3 Å². The molecule has 0 aromatic carbocycles. The highest BCUT2D eigenvalue weighted by atomic mass is 16.5. The van der Waals surface area contributed by atoms with Gasteiger partial charge in [-0.15, -0.1) is 0 Å². The van der Waals surface area contributed by atoms with Crippen molar-refractivity contribution in [2.75, 3.05) is 6.61 Å². The summed E-state index contributed by atoms with van der Waals surface area (Å²) in [5.74, 6) is 0.482. The molecule has 19 heavy (non-hydrogen) atoms. The first kappa shape index (κ1) is 13.9. The highest BCUT2D eigenvalue weighted by Gasteiger charge is 2.48. The van der Waals surface area contributed by atoms with Crippen molar-refractivity contribution in [1.82, 2.24) is 0 Å². The molecule has 1 spiro atoms. The molecule has 1 unspecified atom stereocenters. The van der Waals surface area contributed by atoms with Gasteiger partial charge >= 0.3 is 0 Å². The van der Waals surface area contributed by atoms with Crippen molar-refractivity contribution in [3.05, 3.63) is 0 Å². The van der Waals surface area contributed by atoms with Crippen LogP contribution in [0.3, 0.4) is 0 Å². The molecule has 2 nitrogen and oxygen atoms in total.